The van der Waals surface area contributed by atoms with Crippen molar-refractivity contribution >= 4 is 32.8 Å². The monoisotopic (exact) mass is 753 g/mol. The molecule has 8 rings (SSSR count). The number of ether oxygens (including phenoxy) is 1. The van der Waals surface area contributed by atoms with E-state index in [1.165, 1.54) is 38.8 Å². The number of pyridine rings is 1. The van der Waals surface area contributed by atoms with E-state index in [0.717, 1.165) is 44.9 Å². The van der Waals surface area contributed by atoms with Crippen molar-refractivity contribution in [3.05, 3.63) is 150 Å². The van der Waals surface area contributed by atoms with Gasteiger partial charge >= 0.3 is 0 Å². The number of hydrogen-bond acceptors (Lipinski definition) is 2. The fourth-order valence-corrected chi connectivity index (χ4v) is 7.76. The Morgan fingerprint density at radius 3 is 1.81 bits per heavy atom. The molecule has 8 aromatic rings. The first-order valence-electron chi connectivity index (χ1n) is 20.3. The molecule has 0 unspecified atom stereocenters. The van der Waals surface area contributed by atoms with Crippen LogP contribution in [0.15, 0.2) is 128 Å². The number of fused-ring (bicyclic) bond motifs is 4. The Labute approximate surface area is 338 Å². The van der Waals surface area contributed by atoms with Crippen LogP contribution < -0.4 is 9.30 Å². The first-order valence-corrected chi connectivity index (χ1v) is 20.3. The highest BCUT2D eigenvalue weighted by atomic mass is 16.5. The van der Waals surface area contributed by atoms with Crippen LogP contribution in [0.5, 0.6) is 11.5 Å². The van der Waals surface area contributed by atoms with Crippen LogP contribution in [0.1, 0.15) is 105 Å². The van der Waals surface area contributed by atoms with Gasteiger partial charge in [-0.2, -0.15) is 9.13 Å². The Bertz CT molecular complexity index is 2770. The summed E-state index contributed by atoms with van der Waals surface area (Å²) in [7, 11) is 0. The number of nitrogens with zero attached hydrogens (tertiary/aromatic N) is 4. The summed E-state index contributed by atoms with van der Waals surface area (Å²) in [4.78, 5) is 4.87. The first-order chi connectivity index (χ1) is 26.8. The van der Waals surface area contributed by atoms with Crippen LogP contribution in [0.25, 0.3) is 50.0 Å². The van der Waals surface area contributed by atoms with E-state index < -0.39 is 0 Å². The quantitative estimate of drug-likeness (QED) is 0.164. The lowest BCUT2D eigenvalue weighted by Crippen LogP contribution is -2.31. The van der Waals surface area contributed by atoms with E-state index in [-0.39, 0.29) is 21.7 Å². The average Bonchev–Trinajstić information content (AvgIpc) is 3.69. The van der Waals surface area contributed by atoms with Crippen LogP contribution in [-0.2, 0) is 21.7 Å². The third kappa shape index (κ3) is 7.25. The molecule has 0 aliphatic rings. The highest BCUT2D eigenvalue weighted by molar-refractivity contribution is 6.09. The number of benzene rings is 5. The summed E-state index contributed by atoms with van der Waals surface area (Å²) in [5.74, 6) is 2.44. The van der Waals surface area contributed by atoms with Crippen molar-refractivity contribution in [2.24, 2.45) is 0 Å². The van der Waals surface area contributed by atoms with Gasteiger partial charge in [0.1, 0.15) is 28.7 Å². The van der Waals surface area contributed by atoms with Gasteiger partial charge in [0.2, 0.25) is 0 Å². The fraction of sp³-hybridized carbons (Fsp3) is 0.308. The van der Waals surface area contributed by atoms with E-state index in [2.05, 4.69) is 212 Å². The smallest absolute Gasteiger partial charge is 0.255 e. The van der Waals surface area contributed by atoms with Crippen molar-refractivity contribution in [2.75, 3.05) is 0 Å². The van der Waals surface area contributed by atoms with E-state index >= 15 is 0 Å². The summed E-state index contributed by atoms with van der Waals surface area (Å²) in [6.07, 6.45) is 4.17. The SMILES string of the molecule is CC(C)(C)c1cc(-[n+]2cn(-c3cccc(Oc4ccc5c6ccccc6n(-c6cc(C(C)(C)C)ccn6)c5c4)c3)c3ccc(C(C)(C)C)cc32)cc(C(C)(C)C)c1. The first kappa shape index (κ1) is 38.2. The van der Waals surface area contributed by atoms with E-state index in [9.17, 15) is 0 Å². The minimum atomic E-state index is 0.000757. The minimum absolute atomic E-state index is 0.000757. The molecule has 0 fully saturated rings. The number of aromatic nitrogens is 4. The summed E-state index contributed by atoms with van der Waals surface area (Å²) >= 11 is 0. The maximum absolute atomic E-state index is 6.73. The maximum atomic E-state index is 6.73. The van der Waals surface area contributed by atoms with Crippen molar-refractivity contribution in [3.8, 4) is 28.7 Å². The second-order valence-corrected chi connectivity index (χ2v) is 19.9. The van der Waals surface area contributed by atoms with E-state index in [1.54, 1.807) is 0 Å². The van der Waals surface area contributed by atoms with Crippen LogP contribution in [0.3, 0.4) is 0 Å². The molecule has 0 aliphatic heterocycles. The van der Waals surface area contributed by atoms with Gasteiger partial charge in [-0.25, -0.2) is 4.98 Å². The molecule has 0 spiro atoms. The van der Waals surface area contributed by atoms with Crippen LogP contribution >= 0.6 is 0 Å². The van der Waals surface area contributed by atoms with Gasteiger partial charge in [0.15, 0.2) is 11.0 Å². The molecule has 0 atom stereocenters. The maximum Gasteiger partial charge on any atom is 0.255 e. The molecule has 0 amide bonds. The Balaban J connectivity index is 1.24. The lowest BCUT2D eigenvalue weighted by Gasteiger charge is -2.25. The van der Waals surface area contributed by atoms with Gasteiger partial charge in [-0.05, 0) is 111 Å². The molecule has 5 aromatic carbocycles. The molecule has 3 heterocycles. The highest BCUT2D eigenvalue weighted by Crippen LogP contribution is 2.37. The van der Waals surface area contributed by atoms with Crippen LogP contribution in [-0.4, -0.2) is 14.1 Å². The topological polar surface area (TPSA) is 35.9 Å². The van der Waals surface area contributed by atoms with Gasteiger partial charge in [0.25, 0.3) is 6.33 Å². The standard InChI is InChI=1S/C52H57N4O/c1-49(2,3)34-20-23-45-47(29-34)55(39-27-36(51(7,8)9)26-37(28-39)52(10,11)12)33-54(45)38-16-15-17-40(31-38)57-41-21-22-43-42-18-13-14-19-44(42)56(46(43)32-41)48-30-35(24-25-53-48)50(4,5)6/h13-33H,1-12H3/q+1. The van der Waals surface area contributed by atoms with Crippen LogP contribution in [0.4, 0.5) is 0 Å². The molecule has 3 aromatic heterocycles. The molecule has 0 radical (unpaired) electrons. The van der Waals surface area contributed by atoms with E-state index in [4.69, 9.17) is 9.72 Å². The summed E-state index contributed by atoms with van der Waals surface area (Å²) in [6.45, 7) is 27.4. The van der Waals surface area contributed by atoms with Gasteiger partial charge in [-0.3, -0.25) is 4.57 Å². The zero-order valence-corrected chi connectivity index (χ0v) is 35.8. The number of para-hydroxylation sites is 1. The van der Waals surface area contributed by atoms with Gasteiger partial charge in [-0.1, -0.05) is 119 Å². The molecule has 5 nitrogen and oxygen atoms in total. The second kappa shape index (κ2) is 13.5. The molecular formula is C52H57N4O+. The van der Waals surface area contributed by atoms with E-state index in [0.29, 0.717) is 0 Å². The Hall–Kier alpha value is -5.68. The molecule has 0 saturated carbocycles. The van der Waals surface area contributed by atoms with Gasteiger partial charge < -0.3 is 4.74 Å². The lowest BCUT2D eigenvalue weighted by molar-refractivity contribution is -0.567. The molecule has 57 heavy (non-hydrogen) atoms. The molecular weight excluding hydrogens is 697 g/mol. The summed E-state index contributed by atoms with van der Waals surface area (Å²) in [5.41, 5.74) is 11.9. The van der Waals surface area contributed by atoms with Crippen LogP contribution in [0, 0.1) is 0 Å². The van der Waals surface area contributed by atoms with Crippen molar-refractivity contribution in [3.63, 3.8) is 0 Å². The fourth-order valence-electron chi connectivity index (χ4n) is 7.76. The van der Waals surface area contributed by atoms with E-state index in [1.807, 2.05) is 12.3 Å². The van der Waals surface area contributed by atoms with Gasteiger partial charge in [-0.15, -0.1) is 0 Å². The van der Waals surface area contributed by atoms with Crippen molar-refractivity contribution in [2.45, 2.75) is 105 Å². The molecule has 0 aliphatic carbocycles. The average molecular weight is 754 g/mol. The highest BCUT2D eigenvalue weighted by Gasteiger charge is 2.27. The van der Waals surface area contributed by atoms with Crippen LogP contribution in [0.2, 0.25) is 0 Å². The molecule has 0 N–H and O–H groups in total. The van der Waals surface area contributed by atoms with Crippen molar-refractivity contribution in [1.82, 2.24) is 14.1 Å². The largest absolute Gasteiger partial charge is 0.457 e. The van der Waals surface area contributed by atoms with Gasteiger partial charge in [0.05, 0.1) is 11.0 Å². The predicted octanol–water partition coefficient (Wildman–Crippen LogP) is 13.4. The summed E-state index contributed by atoms with van der Waals surface area (Å²) in [6, 6.07) is 41.7. The second-order valence-electron chi connectivity index (χ2n) is 19.9. The Morgan fingerprint density at radius 1 is 0.491 bits per heavy atom. The lowest BCUT2D eigenvalue weighted by atomic mass is 9.80. The number of imidazole rings is 1. The zero-order valence-electron chi connectivity index (χ0n) is 35.8. The van der Waals surface area contributed by atoms with Gasteiger partial charge in [0, 0.05) is 29.1 Å². The number of rotatable bonds is 5. The van der Waals surface area contributed by atoms with Crippen molar-refractivity contribution < 1.29 is 9.30 Å². The minimum Gasteiger partial charge on any atom is -0.457 e. The number of hydrogen-bond donors (Lipinski definition) is 0. The van der Waals surface area contributed by atoms with Crippen molar-refractivity contribution in [1.29, 1.82) is 0 Å². The third-order valence-corrected chi connectivity index (χ3v) is 11.3. The third-order valence-electron chi connectivity index (χ3n) is 11.3. The normalized spacial score (nSPS) is 12.9. The molecule has 290 valence electrons. The summed E-state index contributed by atoms with van der Waals surface area (Å²) in [5, 5.41) is 2.35. The molecule has 5 heteroatoms. The zero-order chi connectivity index (χ0) is 40.7. The molecule has 0 bridgehead atoms. The predicted molar refractivity (Wildman–Crippen MR) is 238 cm³/mol. The Kier molecular flexibility index (Phi) is 9.03. The Morgan fingerprint density at radius 2 is 1.12 bits per heavy atom. The molecule has 0 saturated heterocycles. The summed E-state index contributed by atoms with van der Waals surface area (Å²) < 4.78 is 13.7.